The Morgan fingerprint density at radius 1 is 1.33 bits per heavy atom. The summed E-state index contributed by atoms with van der Waals surface area (Å²) in [5.41, 5.74) is 0. The molecule has 7 heteroatoms. The average Bonchev–Trinajstić information content (AvgIpc) is 1.59. The van der Waals surface area contributed by atoms with Gasteiger partial charge in [0.15, 0.2) is 0 Å². The summed E-state index contributed by atoms with van der Waals surface area (Å²) in [6, 6.07) is 0. The molecule has 1 amide bonds. The zero-order valence-corrected chi connectivity index (χ0v) is 9.14. The van der Waals surface area contributed by atoms with E-state index >= 15 is 0 Å². The summed E-state index contributed by atoms with van der Waals surface area (Å²) in [6.07, 6.45) is -0.995. The standard InChI is InChI=1S/C5H11NO2S2.Na.H2S.H/c1-3(9)6(4(2)10)5(7)8;;;/h3-4,9-10H,1-2H3,(H,7,8);;1H2;. The van der Waals surface area contributed by atoms with E-state index in [2.05, 4.69) is 25.3 Å². The quantitative estimate of drug-likeness (QED) is 0.382. The Labute approximate surface area is 113 Å². The number of hydrogen-bond acceptors (Lipinski definition) is 3. The van der Waals surface area contributed by atoms with Crippen LogP contribution in [0.2, 0.25) is 0 Å². The Bertz CT molecular complexity index is 126. The van der Waals surface area contributed by atoms with Gasteiger partial charge in [-0.15, -0.1) is 0 Å². The Morgan fingerprint density at radius 3 is 1.58 bits per heavy atom. The van der Waals surface area contributed by atoms with Gasteiger partial charge in [-0.05, 0) is 13.8 Å². The monoisotopic (exact) mass is 239 g/mol. The van der Waals surface area contributed by atoms with Crippen molar-refractivity contribution in [1.82, 2.24) is 4.90 Å². The van der Waals surface area contributed by atoms with Crippen molar-refractivity contribution in [2.24, 2.45) is 0 Å². The van der Waals surface area contributed by atoms with Gasteiger partial charge in [0.05, 0.1) is 10.7 Å². The first-order chi connectivity index (χ1) is 4.46. The van der Waals surface area contributed by atoms with E-state index in [1.54, 1.807) is 13.8 Å². The van der Waals surface area contributed by atoms with Gasteiger partial charge in [-0.25, -0.2) is 4.79 Å². The van der Waals surface area contributed by atoms with E-state index in [1.165, 1.54) is 0 Å². The molecule has 2 atom stereocenters. The van der Waals surface area contributed by atoms with Gasteiger partial charge >= 0.3 is 35.7 Å². The molecule has 0 aromatic carbocycles. The van der Waals surface area contributed by atoms with Gasteiger partial charge in [0.1, 0.15) is 0 Å². The van der Waals surface area contributed by atoms with Crippen molar-refractivity contribution in [3.8, 4) is 0 Å². The van der Waals surface area contributed by atoms with Crippen molar-refractivity contribution < 1.29 is 9.90 Å². The van der Waals surface area contributed by atoms with E-state index in [9.17, 15) is 4.79 Å². The Morgan fingerprint density at radius 2 is 1.58 bits per heavy atom. The first-order valence-electron chi connectivity index (χ1n) is 2.84. The van der Waals surface area contributed by atoms with Crippen LogP contribution in [-0.2, 0) is 0 Å². The molecule has 0 aliphatic heterocycles. The van der Waals surface area contributed by atoms with Crippen LogP contribution in [-0.4, -0.2) is 56.4 Å². The SMILES string of the molecule is CC(S)N(C(=O)O)C(C)S.S.[NaH]. The topological polar surface area (TPSA) is 40.5 Å². The zero-order valence-electron chi connectivity index (χ0n) is 6.35. The molecule has 70 valence electrons. The normalized spacial score (nSPS) is 13.3. The maximum absolute atomic E-state index is 10.4. The van der Waals surface area contributed by atoms with Gasteiger partial charge in [-0.3, -0.25) is 4.90 Å². The zero-order chi connectivity index (χ0) is 8.31. The third-order valence-electron chi connectivity index (χ3n) is 1.03. The Kier molecular flexibility index (Phi) is 14.1. The molecule has 0 aromatic heterocycles. The van der Waals surface area contributed by atoms with Crippen LogP contribution in [0.4, 0.5) is 4.79 Å². The molecule has 0 saturated heterocycles. The molecule has 0 aliphatic carbocycles. The van der Waals surface area contributed by atoms with Crippen LogP contribution in [0.3, 0.4) is 0 Å². The third kappa shape index (κ3) is 6.80. The van der Waals surface area contributed by atoms with Crippen molar-refractivity contribution in [2.75, 3.05) is 0 Å². The molecule has 12 heavy (non-hydrogen) atoms. The second kappa shape index (κ2) is 8.90. The van der Waals surface area contributed by atoms with E-state index in [0.29, 0.717) is 0 Å². The van der Waals surface area contributed by atoms with E-state index < -0.39 is 6.09 Å². The second-order valence-corrected chi connectivity index (χ2v) is 3.45. The molecule has 0 fully saturated rings. The van der Waals surface area contributed by atoms with Gasteiger partial charge < -0.3 is 5.11 Å². The molecule has 0 bridgehead atoms. The average molecular weight is 239 g/mol. The number of nitrogens with zero attached hydrogens (tertiary/aromatic N) is 1. The van der Waals surface area contributed by atoms with Crippen molar-refractivity contribution >= 4 is 74.4 Å². The van der Waals surface area contributed by atoms with E-state index in [1.807, 2.05) is 0 Å². The molecular formula is C5H14NNaO2S3. The second-order valence-electron chi connectivity index (χ2n) is 1.95. The number of rotatable bonds is 2. The van der Waals surface area contributed by atoms with Crippen LogP contribution in [0.1, 0.15) is 13.8 Å². The molecule has 0 rings (SSSR count). The number of thiol groups is 2. The van der Waals surface area contributed by atoms with Crippen LogP contribution in [0, 0.1) is 0 Å². The number of amides is 1. The van der Waals surface area contributed by atoms with Crippen LogP contribution >= 0.6 is 38.8 Å². The van der Waals surface area contributed by atoms with Gasteiger partial charge in [-0.2, -0.15) is 38.8 Å². The summed E-state index contributed by atoms with van der Waals surface area (Å²) in [5.74, 6) is 0. The summed E-state index contributed by atoms with van der Waals surface area (Å²) in [4.78, 5) is 11.6. The minimum atomic E-state index is -0.995. The third-order valence-corrected chi connectivity index (χ3v) is 1.52. The summed E-state index contributed by atoms with van der Waals surface area (Å²) in [5, 5.41) is 7.91. The van der Waals surface area contributed by atoms with E-state index in [0.717, 1.165) is 4.90 Å². The molecule has 0 radical (unpaired) electrons. The molecule has 0 aliphatic rings. The number of hydrogen-bond donors (Lipinski definition) is 3. The molecule has 2 unspecified atom stereocenters. The fourth-order valence-electron chi connectivity index (χ4n) is 0.632. The van der Waals surface area contributed by atoms with Crippen LogP contribution < -0.4 is 0 Å². The molecule has 1 N–H and O–H groups in total. The predicted molar refractivity (Wildman–Crippen MR) is 64.3 cm³/mol. The molecular weight excluding hydrogens is 225 g/mol. The fraction of sp³-hybridized carbons (Fsp3) is 0.800. The summed E-state index contributed by atoms with van der Waals surface area (Å²) < 4.78 is 0. The first kappa shape index (κ1) is 19.0. The van der Waals surface area contributed by atoms with Gasteiger partial charge in [-0.1, -0.05) is 0 Å². The fourth-order valence-corrected chi connectivity index (χ4v) is 1.33. The summed E-state index contributed by atoms with van der Waals surface area (Å²) in [6.45, 7) is 3.37. The molecule has 0 heterocycles. The van der Waals surface area contributed by atoms with E-state index in [4.69, 9.17) is 5.11 Å². The van der Waals surface area contributed by atoms with Gasteiger partial charge in [0.25, 0.3) is 0 Å². The van der Waals surface area contributed by atoms with Crippen LogP contribution in [0.5, 0.6) is 0 Å². The van der Waals surface area contributed by atoms with Crippen molar-refractivity contribution in [2.45, 2.75) is 24.6 Å². The van der Waals surface area contributed by atoms with Gasteiger partial charge in [0, 0.05) is 0 Å². The number of carboxylic acid groups (broad SMARTS) is 1. The van der Waals surface area contributed by atoms with E-state index in [-0.39, 0.29) is 53.8 Å². The van der Waals surface area contributed by atoms with Crippen LogP contribution in [0.25, 0.3) is 0 Å². The Hall–Kier alpha value is 1.32. The van der Waals surface area contributed by atoms with Crippen LogP contribution in [0.15, 0.2) is 0 Å². The summed E-state index contributed by atoms with van der Waals surface area (Å²) in [7, 11) is 0. The van der Waals surface area contributed by atoms with Crippen molar-refractivity contribution in [1.29, 1.82) is 0 Å². The Balaban J connectivity index is -0.000000405. The molecule has 0 spiro atoms. The predicted octanol–water partition coefficient (Wildman–Crippen LogP) is 0.982. The molecule has 0 aromatic rings. The first-order valence-corrected chi connectivity index (χ1v) is 3.87. The van der Waals surface area contributed by atoms with Gasteiger partial charge in [0.2, 0.25) is 0 Å². The summed E-state index contributed by atoms with van der Waals surface area (Å²) >= 11 is 7.94. The van der Waals surface area contributed by atoms with Crippen molar-refractivity contribution in [3.05, 3.63) is 0 Å². The minimum absolute atomic E-state index is 0. The maximum atomic E-state index is 10.4. The molecule has 0 saturated carbocycles. The molecule has 3 nitrogen and oxygen atoms in total. The number of carbonyl (C=O) groups is 1. The van der Waals surface area contributed by atoms with Crippen molar-refractivity contribution in [3.63, 3.8) is 0 Å².